The molecule has 0 atom stereocenters. The summed E-state index contributed by atoms with van der Waals surface area (Å²) in [6, 6.07) is 13.3. The molecular formula is C17H17FN2S. The van der Waals surface area contributed by atoms with Crippen LogP contribution in [0, 0.1) is 19.7 Å². The predicted molar refractivity (Wildman–Crippen MR) is 86.7 cm³/mol. The van der Waals surface area contributed by atoms with Crippen LogP contribution < -0.4 is 5.43 Å². The molecule has 0 aliphatic heterocycles. The molecule has 108 valence electrons. The van der Waals surface area contributed by atoms with Crippen molar-refractivity contribution < 1.29 is 4.39 Å². The Bertz CT molecular complexity index is 725. The van der Waals surface area contributed by atoms with Crippen LogP contribution >= 0.6 is 11.3 Å². The monoisotopic (exact) mass is 300 g/mol. The molecule has 0 saturated carbocycles. The summed E-state index contributed by atoms with van der Waals surface area (Å²) in [6.45, 7) is 4.78. The smallest absolute Gasteiger partial charge is 0.131 e. The van der Waals surface area contributed by atoms with Gasteiger partial charge in [0.15, 0.2) is 0 Å². The van der Waals surface area contributed by atoms with E-state index in [1.807, 2.05) is 34.3 Å². The number of halogens is 1. The topological polar surface area (TPSA) is 17.0 Å². The maximum absolute atomic E-state index is 14.0. The molecule has 0 bridgehead atoms. The van der Waals surface area contributed by atoms with Crippen molar-refractivity contribution in [1.82, 2.24) is 4.68 Å². The van der Waals surface area contributed by atoms with Crippen LogP contribution in [0.3, 0.4) is 0 Å². The van der Waals surface area contributed by atoms with Crippen LogP contribution in [0.15, 0.2) is 47.8 Å². The summed E-state index contributed by atoms with van der Waals surface area (Å²) in [6.07, 6.45) is 0. The van der Waals surface area contributed by atoms with Crippen LogP contribution in [0.25, 0.3) is 10.4 Å². The minimum Gasteiger partial charge on any atom is -0.322 e. The molecule has 3 aromatic rings. The summed E-state index contributed by atoms with van der Waals surface area (Å²) in [4.78, 5) is 0.961. The van der Waals surface area contributed by atoms with Crippen molar-refractivity contribution in [1.29, 1.82) is 0 Å². The molecule has 0 unspecified atom stereocenters. The van der Waals surface area contributed by atoms with Gasteiger partial charge in [-0.25, -0.2) is 4.39 Å². The maximum Gasteiger partial charge on any atom is 0.131 e. The van der Waals surface area contributed by atoms with Gasteiger partial charge in [0.1, 0.15) is 5.82 Å². The van der Waals surface area contributed by atoms with Gasteiger partial charge in [-0.2, -0.15) is 0 Å². The van der Waals surface area contributed by atoms with Gasteiger partial charge >= 0.3 is 0 Å². The van der Waals surface area contributed by atoms with Crippen LogP contribution in [-0.4, -0.2) is 4.68 Å². The molecule has 4 heteroatoms. The van der Waals surface area contributed by atoms with E-state index in [1.54, 1.807) is 17.4 Å². The highest BCUT2D eigenvalue weighted by molar-refractivity contribution is 7.13. The molecule has 0 aliphatic carbocycles. The number of aryl methyl sites for hydroxylation is 2. The molecular weight excluding hydrogens is 283 g/mol. The quantitative estimate of drug-likeness (QED) is 0.738. The lowest BCUT2D eigenvalue weighted by Crippen LogP contribution is -2.16. The summed E-state index contributed by atoms with van der Waals surface area (Å²) >= 11 is 1.55. The molecule has 0 amide bonds. The molecule has 0 aliphatic rings. The van der Waals surface area contributed by atoms with Gasteiger partial charge in [-0.15, -0.1) is 11.3 Å². The summed E-state index contributed by atoms with van der Waals surface area (Å²) in [5.74, 6) is -0.172. The van der Waals surface area contributed by atoms with E-state index in [0.29, 0.717) is 12.1 Å². The number of aromatic nitrogens is 1. The summed E-state index contributed by atoms with van der Waals surface area (Å²) in [5.41, 5.74) is 7.42. The standard InChI is InChI=1S/C17H17FN2S/c1-12-5-6-13(2)20(12)19-11-14-7-8-16(18)15(10-14)17-4-3-9-21-17/h3-10,19H,11H2,1-2H3. The molecule has 2 nitrogen and oxygen atoms in total. The van der Waals surface area contributed by atoms with Crippen molar-refractivity contribution in [3.8, 4) is 10.4 Å². The second-order valence-electron chi connectivity index (χ2n) is 5.08. The van der Waals surface area contributed by atoms with Crippen molar-refractivity contribution >= 4 is 11.3 Å². The molecule has 21 heavy (non-hydrogen) atoms. The summed E-state index contributed by atoms with van der Waals surface area (Å²) < 4.78 is 16.0. The average molecular weight is 300 g/mol. The Morgan fingerprint density at radius 3 is 2.52 bits per heavy atom. The van der Waals surface area contributed by atoms with Crippen LogP contribution in [0.1, 0.15) is 17.0 Å². The Morgan fingerprint density at radius 1 is 1.10 bits per heavy atom. The fraction of sp³-hybridized carbons (Fsp3) is 0.176. The van der Waals surface area contributed by atoms with E-state index >= 15 is 0 Å². The predicted octanol–water partition coefficient (Wildman–Crippen LogP) is 4.72. The molecule has 0 spiro atoms. The van der Waals surface area contributed by atoms with Gasteiger partial charge in [-0.05, 0) is 55.1 Å². The Kier molecular flexibility index (Phi) is 3.80. The van der Waals surface area contributed by atoms with E-state index in [0.717, 1.165) is 21.8 Å². The third kappa shape index (κ3) is 2.85. The number of thiophene rings is 1. The average Bonchev–Trinajstić information content (AvgIpc) is 3.10. The third-order valence-corrected chi connectivity index (χ3v) is 4.43. The molecule has 0 fully saturated rings. The summed E-state index contributed by atoms with van der Waals surface area (Å²) in [7, 11) is 0. The lowest BCUT2D eigenvalue weighted by Gasteiger charge is -2.13. The van der Waals surface area contributed by atoms with Gasteiger partial charge in [0.2, 0.25) is 0 Å². The fourth-order valence-electron chi connectivity index (χ4n) is 2.39. The van der Waals surface area contributed by atoms with Crippen molar-refractivity contribution in [2.75, 3.05) is 5.43 Å². The normalized spacial score (nSPS) is 10.8. The van der Waals surface area contributed by atoms with Gasteiger partial charge in [0, 0.05) is 21.8 Å². The Balaban J connectivity index is 1.82. The molecule has 3 rings (SSSR count). The van der Waals surface area contributed by atoms with Gasteiger partial charge < -0.3 is 5.43 Å². The van der Waals surface area contributed by atoms with Crippen molar-refractivity contribution in [3.63, 3.8) is 0 Å². The van der Waals surface area contributed by atoms with E-state index < -0.39 is 0 Å². The van der Waals surface area contributed by atoms with Gasteiger partial charge in [-0.1, -0.05) is 12.1 Å². The minimum absolute atomic E-state index is 0.172. The van der Waals surface area contributed by atoms with Crippen molar-refractivity contribution in [2.45, 2.75) is 20.4 Å². The molecule has 2 heterocycles. The zero-order valence-electron chi connectivity index (χ0n) is 12.1. The van der Waals surface area contributed by atoms with Gasteiger partial charge in [-0.3, -0.25) is 4.68 Å². The SMILES string of the molecule is Cc1ccc(C)n1NCc1ccc(F)c(-c2cccs2)c1. The molecule has 0 saturated heterocycles. The van der Waals surface area contributed by atoms with Crippen LogP contribution in [0.4, 0.5) is 4.39 Å². The number of nitrogens with zero attached hydrogens (tertiary/aromatic N) is 1. The highest BCUT2D eigenvalue weighted by Gasteiger charge is 2.08. The number of benzene rings is 1. The molecule has 1 aromatic carbocycles. The van der Waals surface area contributed by atoms with E-state index in [9.17, 15) is 4.39 Å². The summed E-state index contributed by atoms with van der Waals surface area (Å²) in [5, 5.41) is 1.96. The molecule has 2 aromatic heterocycles. The Labute approximate surface area is 127 Å². The number of hydrogen-bond acceptors (Lipinski definition) is 2. The van der Waals surface area contributed by atoms with E-state index in [2.05, 4.69) is 31.4 Å². The van der Waals surface area contributed by atoms with Crippen LogP contribution in [0.5, 0.6) is 0 Å². The van der Waals surface area contributed by atoms with Crippen molar-refractivity contribution in [2.24, 2.45) is 0 Å². The molecule has 0 radical (unpaired) electrons. The molecule has 1 N–H and O–H groups in total. The zero-order chi connectivity index (χ0) is 14.8. The first-order chi connectivity index (χ1) is 10.1. The second kappa shape index (κ2) is 5.74. The maximum atomic E-state index is 14.0. The Morgan fingerprint density at radius 2 is 1.86 bits per heavy atom. The van der Waals surface area contributed by atoms with Gasteiger partial charge in [0.25, 0.3) is 0 Å². The first-order valence-electron chi connectivity index (χ1n) is 6.86. The van der Waals surface area contributed by atoms with E-state index in [-0.39, 0.29) is 5.82 Å². The third-order valence-electron chi connectivity index (χ3n) is 3.53. The Hall–Kier alpha value is -2.07. The van der Waals surface area contributed by atoms with Gasteiger partial charge in [0.05, 0.1) is 6.54 Å². The second-order valence-corrected chi connectivity index (χ2v) is 6.03. The largest absolute Gasteiger partial charge is 0.322 e. The lowest BCUT2D eigenvalue weighted by atomic mass is 10.1. The zero-order valence-corrected chi connectivity index (χ0v) is 12.9. The highest BCUT2D eigenvalue weighted by Crippen LogP contribution is 2.28. The fourth-order valence-corrected chi connectivity index (χ4v) is 3.14. The first-order valence-corrected chi connectivity index (χ1v) is 7.74. The van der Waals surface area contributed by atoms with E-state index in [1.165, 1.54) is 0 Å². The van der Waals surface area contributed by atoms with Crippen LogP contribution in [0.2, 0.25) is 0 Å². The lowest BCUT2D eigenvalue weighted by molar-refractivity contribution is 0.630. The van der Waals surface area contributed by atoms with Crippen molar-refractivity contribution in [3.05, 3.63) is 70.6 Å². The number of hydrogen-bond donors (Lipinski definition) is 1. The van der Waals surface area contributed by atoms with E-state index in [4.69, 9.17) is 0 Å². The first kappa shape index (κ1) is 13.9. The number of nitrogens with one attached hydrogen (secondary N) is 1. The minimum atomic E-state index is -0.172. The highest BCUT2D eigenvalue weighted by atomic mass is 32.1. The number of rotatable bonds is 4. The van der Waals surface area contributed by atoms with Crippen LogP contribution in [-0.2, 0) is 6.54 Å².